The van der Waals surface area contributed by atoms with Gasteiger partial charge in [0.25, 0.3) is 0 Å². The van der Waals surface area contributed by atoms with Crippen LogP contribution < -0.4 is 5.73 Å². The summed E-state index contributed by atoms with van der Waals surface area (Å²) in [6, 6.07) is 0. The molecule has 17 heavy (non-hydrogen) atoms. The van der Waals surface area contributed by atoms with Crippen LogP contribution in [0.25, 0.3) is 0 Å². The monoisotopic (exact) mass is 237 g/mol. The standard InChI is InChI=1S/C13H23N3O/c1-10(2)11(13-15-8-9-16-13)6-4-3-5-7-12(14)17/h8-11H,3-7H2,1-2H3,(H2,14,17)(H,15,16). The maximum absolute atomic E-state index is 10.6. The van der Waals surface area contributed by atoms with E-state index < -0.39 is 0 Å². The number of imidazole rings is 1. The van der Waals surface area contributed by atoms with Crippen LogP contribution in [-0.4, -0.2) is 15.9 Å². The Morgan fingerprint density at radius 3 is 2.71 bits per heavy atom. The fourth-order valence-electron chi connectivity index (χ4n) is 2.11. The minimum Gasteiger partial charge on any atom is -0.370 e. The van der Waals surface area contributed by atoms with Crippen molar-refractivity contribution in [3.05, 3.63) is 18.2 Å². The average molecular weight is 237 g/mol. The van der Waals surface area contributed by atoms with Gasteiger partial charge in [-0.3, -0.25) is 4.79 Å². The molecule has 3 N–H and O–H groups in total. The number of rotatable bonds is 8. The van der Waals surface area contributed by atoms with E-state index in [4.69, 9.17) is 5.73 Å². The van der Waals surface area contributed by atoms with Gasteiger partial charge >= 0.3 is 0 Å². The number of amides is 1. The molecule has 0 radical (unpaired) electrons. The first-order chi connectivity index (χ1) is 8.11. The van der Waals surface area contributed by atoms with Crippen molar-refractivity contribution in [2.75, 3.05) is 0 Å². The summed E-state index contributed by atoms with van der Waals surface area (Å²) >= 11 is 0. The normalized spacial score (nSPS) is 12.9. The highest BCUT2D eigenvalue weighted by atomic mass is 16.1. The molecule has 96 valence electrons. The van der Waals surface area contributed by atoms with Gasteiger partial charge in [0.15, 0.2) is 0 Å². The number of unbranched alkanes of at least 4 members (excludes halogenated alkanes) is 2. The summed E-state index contributed by atoms with van der Waals surface area (Å²) in [6.45, 7) is 4.44. The molecule has 0 bridgehead atoms. The molecular formula is C13H23N3O. The van der Waals surface area contributed by atoms with E-state index in [0.29, 0.717) is 18.3 Å². The Kier molecular flexibility index (Phi) is 5.73. The molecule has 1 unspecified atom stereocenters. The van der Waals surface area contributed by atoms with Crippen molar-refractivity contribution in [2.45, 2.75) is 51.9 Å². The second-order valence-corrected chi connectivity index (χ2v) is 4.89. The summed E-state index contributed by atoms with van der Waals surface area (Å²) in [5.41, 5.74) is 5.11. The molecule has 0 aliphatic heterocycles. The Morgan fingerprint density at radius 2 is 2.18 bits per heavy atom. The fourth-order valence-corrected chi connectivity index (χ4v) is 2.11. The summed E-state index contributed by atoms with van der Waals surface area (Å²) in [5, 5.41) is 0. The van der Waals surface area contributed by atoms with Gasteiger partial charge in [-0.15, -0.1) is 0 Å². The van der Waals surface area contributed by atoms with Gasteiger partial charge < -0.3 is 10.7 Å². The molecule has 4 nitrogen and oxygen atoms in total. The molecule has 0 fully saturated rings. The van der Waals surface area contributed by atoms with E-state index in [9.17, 15) is 4.79 Å². The first-order valence-electron chi connectivity index (χ1n) is 6.39. The van der Waals surface area contributed by atoms with Gasteiger partial charge in [-0.05, 0) is 18.8 Å². The van der Waals surface area contributed by atoms with Crippen LogP contribution in [0, 0.1) is 5.92 Å². The molecule has 1 rings (SSSR count). The largest absolute Gasteiger partial charge is 0.370 e. The number of carbonyl (C=O) groups is 1. The third-order valence-electron chi connectivity index (χ3n) is 3.11. The first-order valence-corrected chi connectivity index (χ1v) is 6.39. The average Bonchev–Trinajstić information content (AvgIpc) is 2.75. The topological polar surface area (TPSA) is 71.8 Å². The lowest BCUT2D eigenvalue weighted by molar-refractivity contribution is -0.118. The Hall–Kier alpha value is -1.32. The number of hydrogen-bond donors (Lipinski definition) is 2. The number of nitrogens with one attached hydrogen (secondary N) is 1. The lowest BCUT2D eigenvalue weighted by Crippen LogP contribution is -2.10. The van der Waals surface area contributed by atoms with E-state index in [1.807, 2.05) is 6.20 Å². The number of H-pyrrole nitrogens is 1. The van der Waals surface area contributed by atoms with Gasteiger partial charge in [0.1, 0.15) is 5.82 Å². The quantitative estimate of drug-likeness (QED) is 0.682. The molecule has 0 aromatic carbocycles. The van der Waals surface area contributed by atoms with Crippen molar-refractivity contribution in [3.63, 3.8) is 0 Å². The first kappa shape index (κ1) is 13.7. The lowest BCUT2D eigenvalue weighted by Gasteiger charge is -2.18. The number of aromatic nitrogens is 2. The van der Waals surface area contributed by atoms with Gasteiger partial charge in [-0.25, -0.2) is 4.98 Å². The summed E-state index contributed by atoms with van der Waals surface area (Å²) in [6.07, 6.45) is 8.38. The van der Waals surface area contributed by atoms with E-state index >= 15 is 0 Å². The highest BCUT2D eigenvalue weighted by Crippen LogP contribution is 2.27. The fraction of sp³-hybridized carbons (Fsp3) is 0.692. The molecular weight excluding hydrogens is 214 g/mol. The molecule has 1 heterocycles. The number of primary amides is 1. The summed E-state index contributed by atoms with van der Waals surface area (Å²) < 4.78 is 0. The summed E-state index contributed by atoms with van der Waals surface area (Å²) in [5.74, 6) is 1.95. The van der Waals surface area contributed by atoms with Crippen molar-refractivity contribution >= 4 is 5.91 Å². The Bertz CT molecular complexity index is 319. The molecule has 1 amide bonds. The minimum absolute atomic E-state index is 0.198. The number of carbonyl (C=O) groups excluding carboxylic acids is 1. The molecule has 1 aromatic heterocycles. The molecule has 0 saturated heterocycles. The van der Waals surface area contributed by atoms with Crippen molar-refractivity contribution in [3.8, 4) is 0 Å². The van der Waals surface area contributed by atoms with Crippen molar-refractivity contribution in [1.82, 2.24) is 9.97 Å². The van der Waals surface area contributed by atoms with E-state index in [2.05, 4.69) is 23.8 Å². The van der Waals surface area contributed by atoms with Gasteiger partial charge in [-0.1, -0.05) is 26.7 Å². The number of nitrogens with two attached hydrogens (primary N) is 1. The zero-order chi connectivity index (χ0) is 12.7. The minimum atomic E-state index is -0.198. The van der Waals surface area contributed by atoms with Gasteiger partial charge in [0.2, 0.25) is 5.91 Å². The van der Waals surface area contributed by atoms with Crippen LogP contribution >= 0.6 is 0 Å². The van der Waals surface area contributed by atoms with Crippen LogP contribution in [-0.2, 0) is 4.79 Å². The molecule has 0 saturated carbocycles. The predicted molar refractivity (Wildman–Crippen MR) is 68.4 cm³/mol. The third kappa shape index (κ3) is 5.02. The van der Waals surface area contributed by atoms with E-state index in [-0.39, 0.29) is 5.91 Å². The number of nitrogens with zero attached hydrogens (tertiary/aromatic N) is 1. The van der Waals surface area contributed by atoms with Crippen LogP contribution in [0.4, 0.5) is 0 Å². The van der Waals surface area contributed by atoms with Crippen molar-refractivity contribution < 1.29 is 4.79 Å². The zero-order valence-corrected chi connectivity index (χ0v) is 10.8. The number of aromatic amines is 1. The van der Waals surface area contributed by atoms with E-state index in [1.165, 1.54) is 0 Å². The SMILES string of the molecule is CC(C)C(CCCCCC(N)=O)c1ncc[nH]1. The maximum Gasteiger partial charge on any atom is 0.217 e. The molecule has 4 heteroatoms. The Labute approximate surface area is 103 Å². The van der Waals surface area contributed by atoms with Crippen LogP contribution in [0.15, 0.2) is 12.4 Å². The third-order valence-corrected chi connectivity index (χ3v) is 3.11. The van der Waals surface area contributed by atoms with E-state index in [1.54, 1.807) is 6.20 Å². The highest BCUT2D eigenvalue weighted by molar-refractivity contribution is 5.73. The van der Waals surface area contributed by atoms with Crippen LogP contribution in [0.2, 0.25) is 0 Å². The van der Waals surface area contributed by atoms with Gasteiger partial charge in [0.05, 0.1) is 0 Å². The molecule has 0 aliphatic carbocycles. The summed E-state index contributed by atoms with van der Waals surface area (Å²) in [4.78, 5) is 18.1. The predicted octanol–water partition coefficient (Wildman–Crippen LogP) is 2.59. The highest BCUT2D eigenvalue weighted by Gasteiger charge is 2.17. The Morgan fingerprint density at radius 1 is 1.41 bits per heavy atom. The maximum atomic E-state index is 10.6. The lowest BCUT2D eigenvalue weighted by atomic mass is 9.89. The van der Waals surface area contributed by atoms with Crippen LogP contribution in [0.3, 0.4) is 0 Å². The molecule has 1 aromatic rings. The second kappa shape index (κ2) is 7.09. The van der Waals surface area contributed by atoms with Crippen molar-refractivity contribution in [2.24, 2.45) is 11.7 Å². The van der Waals surface area contributed by atoms with Crippen LogP contribution in [0.5, 0.6) is 0 Å². The van der Waals surface area contributed by atoms with E-state index in [0.717, 1.165) is 31.5 Å². The zero-order valence-electron chi connectivity index (χ0n) is 10.8. The summed E-state index contributed by atoms with van der Waals surface area (Å²) in [7, 11) is 0. The van der Waals surface area contributed by atoms with Gasteiger partial charge in [-0.2, -0.15) is 0 Å². The Balaban J connectivity index is 2.29. The second-order valence-electron chi connectivity index (χ2n) is 4.89. The molecule has 1 atom stereocenters. The van der Waals surface area contributed by atoms with Crippen molar-refractivity contribution in [1.29, 1.82) is 0 Å². The van der Waals surface area contributed by atoms with Gasteiger partial charge in [0, 0.05) is 24.7 Å². The smallest absolute Gasteiger partial charge is 0.217 e. The van der Waals surface area contributed by atoms with Crippen LogP contribution in [0.1, 0.15) is 57.7 Å². The molecule has 0 aliphatic rings. The number of hydrogen-bond acceptors (Lipinski definition) is 2. The molecule has 0 spiro atoms.